The second-order valence-electron chi connectivity index (χ2n) is 12.3. The molecule has 0 aliphatic heterocycles. The van der Waals surface area contributed by atoms with Crippen LogP contribution in [-0.2, 0) is 0 Å². The molecule has 0 unspecified atom stereocenters. The third kappa shape index (κ3) is 5.10. The third-order valence-corrected chi connectivity index (χ3v) is 9.38. The van der Waals surface area contributed by atoms with Crippen LogP contribution < -0.4 is 4.90 Å². The Kier molecular flexibility index (Phi) is 6.84. The van der Waals surface area contributed by atoms with E-state index in [0.717, 1.165) is 17.1 Å². The summed E-state index contributed by atoms with van der Waals surface area (Å²) in [6, 6.07) is 67.8. The van der Waals surface area contributed by atoms with Crippen molar-refractivity contribution in [2.24, 2.45) is 0 Å². The molecule has 2 heteroatoms. The molecule has 0 spiro atoms. The van der Waals surface area contributed by atoms with E-state index in [0.29, 0.717) is 0 Å². The van der Waals surface area contributed by atoms with Crippen molar-refractivity contribution in [2.75, 3.05) is 4.90 Å². The first-order valence-electron chi connectivity index (χ1n) is 16.4. The van der Waals surface area contributed by atoms with Crippen LogP contribution >= 0.6 is 0 Å². The predicted octanol–water partition coefficient (Wildman–Crippen LogP) is 12.7. The van der Waals surface area contributed by atoms with E-state index >= 15 is 0 Å². The Hall–Kier alpha value is -6.38. The van der Waals surface area contributed by atoms with E-state index in [2.05, 4.69) is 204 Å². The van der Waals surface area contributed by atoms with Gasteiger partial charge in [-0.1, -0.05) is 115 Å². The quantitative estimate of drug-likeness (QED) is 0.181. The summed E-state index contributed by atoms with van der Waals surface area (Å²) in [5, 5.41) is 6.20. The van der Waals surface area contributed by atoms with Gasteiger partial charge in [-0.25, -0.2) is 0 Å². The number of aromatic nitrogens is 1. The first kappa shape index (κ1) is 27.9. The van der Waals surface area contributed by atoms with Crippen molar-refractivity contribution < 1.29 is 0 Å². The van der Waals surface area contributed by atoms with Crippen molar-refractivity contribution in [2.45, 2.75) is 0 Å². The highest BCUT2D eigenvalue weighted by molar-refractivity contribution is 5.91. The number of nitrogens with zero attached hydrogens (tertiary/aromatic N) is 2. The fourth-order valence-electron chi connectivity index (χ4n) is 6.87. The lowest BCUT2D eigenvalue weighted by molar-refractivity contribution is 1.13. The van der Waals surface area contributed by atoms with Crippen LogP contribution in [0.1, 0.15) is 0 Å². The third-order valence-electron chi connectivity index (χ3n) is 9.38. The Morgan fingerprint density at radius 1 is 0.312 bits per heavy atom. The minimum atomic E-state index is 1.11. The second kappa shape index (κ2) is 11.8. The van der Waals surface area contributed by atoms with Crippen LogP contribution in [0.3, 0.4) is 0 Å². The molecule has 0 saturated carbocycles. The summed E-state index contributed by atoms with van der Waals surface area (Å²) in [6.07, 6.45) is 2.15. The topological polar surface area (TPSA) is 8.17 Å². The van der Waals surface area contributed by atoms with Crippen LogP contribution in [0.2, 0.25) is 0 Å². The number of benzene rings is 8. The average Bonchev–Trinajstić information content (AvgIpc) is 3.59. The zero-order chi connectivity index (χ0) is 31.9. The lowest BCUT2D eigenvalue weighted by Crippen LogP contribution is -2.09. The Labute approximate surface area is 280 Å². The molecule has 9 aromatic rings. The van der Waals surface area contributed by atoms with Gasteiger partial charge in [-0.15, -0.1) is 0 Å². The highest BCUT2D eigenvalue weighted by Crippen LogP contribution is 2.38. The molecule has 0 N–H and O–H groups in total. The molecule has 0 atom stereocenters. The van der Waals surface area contributed by atoms with Gasteiger partial charge >= 0.3 is 0 Å². The smallest absolute Gasteiger partial charge is 0.0528 e. The first-order valence-corrected chi connectivity index (χ1v) is 16.4. The van der Waals surface area contributed by atoms with E-state index in [-0.39, 0.29) is 0 Å². The van der Waals surface area contributed by atoms with Crippen LogP contribution in [0, 0.1) is 0 Å². The summed E-state index contributed by atoms with van der Waals surface area (Å²) in [5.41, 5.74) is 10.6. The molecular weight excluding hydrogens is 581 g/mol. The monoisotopic (exact) mass is 612 g/mol. The molecule has 226 valence electrons. The van der Waals surface area contributed by atoms with Gasteiger partial charge in [0.1, 0.15) is 0 Å². The summed E-state index contributed by atoms with van der Waals surface area (Å²) >= 11 is 0. The molecule has 9 rings (SSSR count). The van der Waals surface area contributed by atoms with Gasteiger partial charge in [-0.2, -0.15) is 0 Å². The first-order chi connectivity index (χ1) is 23.8. The Morgan fingerprint density at radius 2 is 0.792 bits per heavy atom. The zero-order valence-electron chi connectivity index (χ0n) is 26.4. The molecule has 0 bridgehead atoms. The summed E-state index contributed by atoms with van der Waals surface area (Å²) in [4.78, 5) is 2.35. The summed E-state index contributed by atoms with van der Waals surface area (Å²) in [6.45, 7) is 0. The van der Waals surface area contributed by atoms with E-state index in [9.17, 15) is 0 Å². The minimum absolute atomic E-state index is 1.11. The molecule has 0 saturated heterocycles. The fraction of sp³-hybridized carbons (Fsp3) is 0. The number of hydrogen-bond donors (Lipinski definition) is 0. The zero-order valence-corrected chi connectivity index (χ0v) is 26.4. The molecule has 0 radical (unpaired) electrons. The van der Waals surface area contributed by atoms with Crippen molar-refractivity contribution in [3.63, 3.8) is 0 Å². The highest BCUT2D eigenvalue weighted by atomic mass is 15.1. The van der Waals surface area contributed by atoms with E-state index in [1.54, 1.807) is 0 Å². The van der Waals surface area contributed by atoms with Gasteiger partial charge in [0.05, 0.1) is 5.52 Å². The number of fused-ring (bicyclic) bond motifs is 3. The largest absolute Gasteiger partial charge is 0.317 e. The van der Waals surface area contributed by atoms with E-state index in [1.807, 2.05) is 0 Å². The van der Waals surface area contributed by atoms with Gasteiger partial charge in [-0.05, 0) is 117 Å². The van der Waals surface area contributed by atoms with E-state index < -0.39 is 0 Å². The molecule has 0 amide bonds. The average molecular weight is 613 g/mol. The maximum atomic E-state index is 2.35. The van der Waals surface area contributed by atoms with Crippen molar-refractivity contribution in [1.29, 1.82) is 0 Å². The molecule has 48 heavy (non-hydrogen) atoms. The molecule has 2 nitrogen and oxygen atoms in total. The fourth-order valence-corrected chi connectivity index (χ4v) is 6.87. The van der Waals surface area contributed by atoms with Gasteiger partial charge in [-0.3, -0.25) is 0 Å². The SMILES string of the molecule is c1ccc(-n2ccc3cc(-c4ccc(N(c5ccc(-c6ccc7ccccc7c6)cc5)c5ccc6ccccc6c5)cc4)ccc32)cc1. The van der Waals surface area contributed by atoms with Crippen LogP contribution in [0.5, 0.6) is 0 Å². The van der Waals surface area contributed by atoms with Crippen LogP contribution in [-0.4, -0.2) is 4.57 Å². The number of anilines is 3. The van der Waals surface area contributed by atoms with E-state index in [4.69, 9.17) is 0 Å². The van der Waals surface area contributed by atoms with Crippen molar-refractivity contribution in [1.82, 2.24) is 4.57 Å². The van der Waals surface area contributed by atoms with Crippen LogP contribution in [0.15, 0.2) is 194 Å². The van der Waals surface area contributed by atoms with Gasteiger partial charge in [0.25, 0.3) is 0 Å². The highest BCUT2D eigenvalue weighted by Gasteiger charge is 2.14. The number of para-hydroxylation sites is 1. The maximum absolute atomic E-state index is 2.35. The van der Waals surface area contributed by atoms with Gasteiger partial charge in [0, 0.05) is 34.3 Å². The lowest BCUT2D eigenvalue weighted by Gasteiger charge is -2.26. The normalized spacial score (nSPS) is 11.3. The molecule has 1 aromatic heterocycles. The van der Waals surface area contributed by atoms with Crippen molar-refractivity contribution in [3.8, 4) is 27.9 Å². The Balaban J connectivity index is 1.08. The number of rotatable bonds is 6. The van der Waals surface area contributed by atoms with Gasteiger partial charge < -0.3 is 9.47 Å². The minimum Gasteiger partial charge on any atom is -0.317 e. The Bertz CT molecular complexity index is 2540. The van der Waals surface area contributed by atoms with Gasteiger partial charge in [0.15, 0.2) is 0 Å². The molecule has 0 aliphatic rings. The second-order valence-corrected chi connectivity index (χ2v) is 12.3. The van der Waals surface area contributed by atoms with E-state index in [1.165, 1.54) is 60.4 Å². The Morgan fingerprint density at radius 3 is 1.44 bits per heavy atom. The van der Waals surface area contributed by atoms with Gasteiger partial charge in [0.2, 0.25) is 0 Å². The lowest BCUT2D eigenvalue weighted by atomic mass is 10.0. The molecular formula is C46H32N2. The molecule has 0 aliphatic carbocycles. The summed E-state index contributed by atoms with van der Waals surface area (Å²) in [7, 11) is 0. The molecule has 0 fully saturated rings. The maximum Gasteiger partial charge on any atom is 0.0528 e. The number of hydrogen-bond acceptors (Lipinski definition) is 1. The van der Waals surface area contributed by atoms with Crippen molar-refractivity contribution in [3.05, 3.63) is 194 Å². The standard InChI is InChI=1S/C46H32N2/c1-2-12-42(13-3-1)47-29-28-41-31-40(21-27-46(41)47)36-18-24-44(25-19-36)48(45-26-20-34-9-5-7-11-38(34)32-45)43-22-16-35(17-23-43)39-15-14-33-8-4-6-10-37(33)30-39/h1-32H. The molecule has 1 heterocycles. The van der Waals surface area contributed by atoms with Crippen LogP contribution in [0.4, 0.5) is 17.1 Å². The van der Waals surface area contributed by atoms with Crippen molar-refractivity contribution >= 4 is 49.5 Å². The summed E-state index contributed by atoms with van der Waals surface area (Å²) in [5.74, 6) is 0. The predicted molar refractivity (Wildman–Crippen MR) is 204 cm³/mol. The van der Waals surface area contributed by atoms with Crippen LogP contribution in [0.25, 0.3) is 60.4 Å². The summed E-state index contributed by atoms with van der Waals surface area (Å²) < 4.78 is 2.24. The molecule has 8 aromatic carbocycles.